The quantitative estimate of drug-likeness (QED) is 0.676. The van der Waals surface area contributed by atoms with E-state index in [1.54, 1.807) is 0 Å². The average Bonchev–Trinajstić information content (AvgIpc) is 2.37. The van der Waals surface area contributed by atoms with Crippen molar-refractivity contribution in [2.24, 2.45) is 5.41 Å². The van der Waals surface area contributed by atoms with Crippen LogP contribution in [-0.2, 0) is 12.8 Å². The van der Waals surface area contributed by atoms with Gasteiger partial charge in [0.05, 0.1) is 0 Å². The molecular formula is C19H24. The number of hydrogen-bond acceptors (Lipinski definition) is 0. The molecule has 2 aromatic carbocycles. The molecule has 0 aliphatic heterocycles. The number of aryl methyl sites for hydroxylation is 1. The van der Waals surface area contributed by atoms with E-state index < -0.39 is 0 Å². The van der Waals surface area contributed by atoms with E-state index in [2.05, 4.69) is 76.2 Å². The zero-order valence-corrected chi connectivity index (χ0v) is 12.5. The van der Waals surface area contributed by atoms with Crippen LogP contribution in [0.3, 0.4) is 0 Å². The van der Waals surface area contributed by atoms with Crippen LogP contribution in [0.4, 0.5) is 0 Å². The molecule has 0 saturated heterocycles. The van der Waals surface area contributed by atoms with Crippen molar-refractivity contribution in [1.82, 2.24) is 0 Å². The number of hydrogen-bond donors (Lipinski definition) is 0. The smallest absolute Gasteiger partial charge is 0.0181 e. The van der Waals surface area contributed by atoms with Crippen LogP contribution in [0.2, 0.25) is 0 Å². The van der Waals surface area contributed by atoms with Gasteiger partial charge in [0.15, 0.2) is 0 Å². The highest BCUT2D eigenvalue weighted by Gasteiger charge is 2.11. The van der Waals surface area contributed by atoms with Crippen molar-refractivity contribution in [2.45, 2.75) is 40.5 Å². The fourth-order valence-electron chi connectivity index (χ4n) is 2.41. The molecule has 2 rings (SSSR count). The predicted molar refractivity (Wildman–Crippen MR) is 84.4 cm³/mol. The van der Waals surface area contributed by atoms with Gasteiger partial charge in [-0.3, -0.25) is 0 Å². The molecule has 0 aliphatic rings. The van der Waals surface area contributed by atoms with Gasteiger partial charge in [0.2, 0.25) is 0 Å². The molecule has 0 radical (unpaired) electrons. The first-order chi connectivity index (χ1) is 8.98. The van der Waals surface area contributed by atoms with Crippen LogP contribution in [0.15, 0.2) is 48.5 Å². The Morgan fingerprint density at radius 3 is 2.05 bits per heavy atom. The Hall–Kier alpha value is -1.56. The van der Waals surface area contributed by atoms with Gasteiger partial charge in [0.1, 0.15) is 0 Å². The van der Waals surface area contributed by atoms with E-state index in [1.165, 1.54) is 22.3 Å². The Labute approximate surface area is 117 Å². The van der Waals surface area contributed by atoms with Crippen molar-refractivity contribution < 1.29 is 0 Å². The Kier molecular flexibility index (Phi) is 4.09. The summed E-state index contributed by atoms with van der Waals surface area (Å²) in [5, 5.41) is 0. The summed E-state index contributed by atoms with van der Waals surface area (Å²) in [6.07, 6.45) is 2.22. The summed E-state index contributed by atoms with van der Waals surface area (Å²) in [4.78, 5) is 0. The van der Waals surface area contributed by atoms with Crippen LogP contribution in [0.5, 0.6) is 0 Å². The second-order valence-electron chi connectivity index (χ2n) is 6.49. The van der Waals surface area contributed by atoms with Gasteiger partial charge in [-0.15, -0.1) is 0 Å². The first-order valence-electron chi connectivity index (χ1n) is 7.16. The first-order valence-corrected chi connectivity index (χ1v) is 7.16. The van der Waals surface area contributed by atoms with Crippen LogP contribution in [-0.4, -0.2) is 0 Å². The Bertz CT molecular complexity index is 527. The highest BCUT2D eigenvalue weighted by Crippen LogP contribution is 2.25. The molecule has 0 saturated carbocycles. The Morgan fingerprint density at radius 2 is 1.47 bits per heavy atom. The van der Waals surface area contributed by atoms with Crippen LogP contribution >= 0.6 is 0 Å². The standard InChI is InChI=1S/C19H24/c1-5-15-9-11-17(12-10-15)18-8-6-7-16(13-18)14-19(2,3)4/h6-13H,5,14H2,1-4H3. The zero-order chi connectivity index (χ0) is 13.9. The molecule has 0 N–H and O–H groups in total. The third-order valence-corrected chi connectivity index (χ3v) is 3.36. The minimum Gasteiger partial charge on any atom is -0.0614 e. The lowest BCUT2D eigenvalue weighted by atomic mass is 9.87. The van der Waals surface area contributed by atoms with Crippen molar-refractivity contribution in [1.29, 1.82) is 0 Å². The molecule has 2 aromatic rings. The van der Waals surface area contributed by atoms with E-state index in [0.717, 1.165) is 12.8 Å². The summed E-state index contributed by atoms with van der Waals surface area (Å²) < 4.78 is 0. The van der Waals surface area contributed by atoms with Crippen molar-refractivity contribution in [3.05, 3.63) is 59.7 Å². The summed E-state index contributed by atoms with van der Waals surface area (Å²) >= 11 is 0. The monoisotopic (exact) mass is 252 g/mol. The average molecular weight is 252 g/mol. The van der Waals surface area contributed by atoms with Crippen LogP contribution < -0.4 is 0 Å². The molecule has 0 unspecified atom stereocenters. The minimum absolute atomic E-state index is 0.338. The van der Waals surface area contributed by atoms with E-state index in [-0.39, 0.29) is 0 Å². The van der Waals surface area contributed by atoms with Crippen molar-refractivity contribution in [3.8, 4) is 11.1 Å². The molecule has 0 aliphatic carbocycles. The third kappa shape index (κ3) is 3.96. The maximum atomic E-state index is 2.33. The highest BCUT2D eigenvalue weighted by atomic mass is 14.2. The third-order valence-electron chi connectivity index (χ3n) is 3.36. The van der Waals surface area contributed by atoms with Crippen LogP contribution in [0.25, 0.3) is 11.1 Å². The van der Waals surface area contributed by atoms with E-state index in [0.29, 0.717) is 5.41 Å². The van der Waals surface area contributed by atoms with Crippen LogP contribution in [0.1, 0.15) is 38.8 Å². The molecule has 0 aromatic heterocycles. The molecule has 0 amide bonds. The predicted octanol–water partition coefficient (Wildman–Crippen LogP) is 5.50. The first kappa shape index (κ1) is 13.9. The molecule has 19 heavy (non-hydrogen) atoms. The molecule has 0 heterocycles. The van der Waals surface area contributed by atoms with Gasteiger partial charge < -0.3 is 0 Å². The van der Waals surface area contributed by atoms with Gasteiger partial charge in [0.25, 0.3) is 0 Å². The summed E-state index contributed by atoms with van der Waals surface area (Å²) in [6, 6.07) is 17.8. The fourth-order valence-corrected chi connectivity index (χ4v) is 2.41. The number of benzene rings is 2. The van der Waals surface area contributed by atoms with Crippen molar-refractivity contribution >= 4 is 0 Å². The highest BCUT2D eigenvalue weighted by molar-refractivity contribution is 5.64. The molecular weight excluding hydrogens is 228 g/mol. The largest absolute Gasteiger partial charge is 0.0614 e. The van der Waals surface area contributed by atoms with E-state index in [4.69, 9.17) is 0 Å². The maximum Gasteiger partial charge on any atom is -0.0181 e. The summed E-state index contributed by atoms with van der Waals surface area (Å²) in [5.74, 6) is 0. The van der Waals surface area contributed by atoms with Gasteiger partial charge in [-0.25, -0.2) is 0 Å². The lowest BCUT2D eigenvalue weighted by molar-refractivity contribution is 0.411. The second-order valence-corrected chi connectivity index (χ2v) is 6.49. The summed E-state index contributed by atoms with van der Waals surface area (Å²) in [6.45, 7) is 9.06. The van der Waals surface area contributed by atoms with Gasteiger partial charge in [-0.1, -0.05) is 76.2 Å². The Balaban J connectivity index is 2.27. The molecule has 0 nitrogen and oxygen atoms in total. The molecule has 0 fully saturated rings. The fraction of sp³-hybridized carbons (Fsp3) is 0.368. The normalized spacial score (nSPS) is 11.6. The van der Waals surface area contributed by atoms with Crippen molar-refractivity contribution in [3.63, 3.8) is 0 Å². The van der Waals surface area contributed by atoms with E-state index in [1.807, 2.05) is 0 Å². The summed E-state index contributed by atoms with van der Waals surface area (Å²) in [7, 11) is 0. The van der Waals surface area contributed by atoms with Gasteiger partial charge >= 0.3 is 0 Å². The molecule has 0 atom stereocenters. The Morgan fingerprint density at radius 1 is 0.789 bits per heavy atom. The molecule has 0 bridgehead atoms. The maximum absolute atomic E-state index is 2.33. The SMILES string of the molecule is CCc1ccc(-c2cccc(CC(C)(C)C)c2)cc1. The topological polar surface area (TPSA) is 0 Å². The lowest BCUT2D eigenvalue weighted by Crippen LogP contribution is -2.08. The molecule has 0 heteroatoms. The second kappa shape index (κ2) is 5.61. The van der Waals surface area contributed by atoms with E-state index in [9.17, 15) is 0 Å². The summed E-state index contributed by atoms with van der Waals surface area (Å²) in [5.41, 5.74) is 5.79. The van der Waals surface area contributed by atoms with E-state index >= 15 is 0 Å². The zero-order valence-electron chi connectivity index (χ0n) is 12.5. The minimum atomic E-state index is 0.338. The lowest BCUT2D eigenvalue weighted by Gasteiger charge is -2.18. The van der Waals surface area contributed by atoms with Crippen molar-refractivity contribution in [2.75, 3.05) is 0 Å². The molecule has 0 spiro atoms. The number of rotatable bonds is 3. The van der Waals surface area contributed by atoms with Crippen LogP contribution in [0, 0.1) is 5.41 Å². The van der Waals surface area contributed by atoms with Gasteiger partial charge in [0, 0.05) is 0 Å². The molecule has 100 valence electrons. The van der Waals surface area contributed by atoms with Gasteiger partial charge in [-0.05, 0) is 40.5 Å². The van der Waals surface area contributed by atoms with Gasteiger partial charge in [-0.2, -0.15) is 0 Å².